The third-order valence-electron chi connectivity index (χ3n) is 3.82. The average molecular weight is 309 g/mol. The number of amides is 1. The molecular formula is C17H15N3O3. The molecule has 0 saturated carbocycles. The van der Waals surface area contributed by atoms with E-state index in [1.165, 1.54) is 0 Å². The van der Waals surface area contributed by atoms with Gasteiger partial charge in [-0.2, -0.15) is 0 Å². The van der Waals surface area contributed by atoms with Crippen molar-refractivity contribution in [1.29, 1.82) is 0 Å². The molecule has 0 atom stereocenters. The van der Waals surface area contributed by atoms with Crippen molar-refractivity contribution in [2.24, 2.45) is 0 Å². The smallest absolute Gasteiger partial charge is 0.271 e. The number of aryl methyl sites for hydroxylation is 1. The van der Waals surface area contributed by atoms with Crippen molar-refractivity contribution in [3.63, 3.8) is 0 Å². The Morgan fingerprint density at radius 1 is 1.26 bits per heavy atom. The van der Waals surface area contributed by atoms with Crippen LogP contribution in [0.25, 0.3) is 5.65 Å². The molecule has 2 aromatic heterocycles. The molecule has 3 aromatic rings. The lowest BCUT2D eigenvalue weighted by atomic mass is 10.2. The van der Waals surface area contributed by atoms with Crippen LogP contribution in [0.2, 0.25) is 0 Å². The highest BCUT2D eigenvalue weighted by Gasteiger charge is 2.15. The van der Waals surface area contributed by atoms with Crippen LogP contribution in [0.5, 0.6) is 11.5 Å². The molecule has 1 aliphatic rings. The molecule has 6 nitrogen and oxygen atoms in total. The van der Waals surface area contributed by atoms with E-state index >= 15 is 0 Å². The number of nitrogens with one attached hydrogen (secondary N) is 1. The Hall–Kier alpha value is -3.02. The van der Waals surface area contributed by atoms with Crippen LogP contribution in [0.15, 0.2) is 42.6 Å². The number of imidazole rings is 1. The fraction of sp³-hybridized carbons (Fsp3) is 0.176. The predicted molar refractivity (Wildman–Crippen MR) is 83.7 cm³/mol. The molecule has 0 radical (unpaired) electrons. The van der Waals surface area contributed by atoms with E-state index in [-0.39, 0.29) is 12.7 Å². The molecule has 3 heterocycles. The van der Waals surface area contributed by atoms with Crippen molar-refractivity contribution in [3.8, 4) is 11.5 Å². The van der Waals surface area contributed by atoms with Crippen LogP contribution in [0.4, 0.5) is 0 Å². The summed E-state index contributed by atoms with van der Waals surface area (Å²) in [6.45, 7) is 2.62. The van der Waals surface area contributed by atoms with Crippen LogP contribution in [0.1, 0.15) is 21.7 Å². The average Bonchev–Trinajstić information content (AvgIpc) is 3.19. The number of benzene rings is 1. The Morgan fingerprint density at radius 3 is 3.00 bits per heavy atom. The summed E-state index contributed by atoms with van der Waals surface area (Å²) in [6, 6.07) is 11.4. The Labute approximate surface area is 132 Å². The van der Waals surface area contributed by atoms with E-state index in [2.05, 4.69) is 10.3 Å². The van der Waals surface area contributed by atoms with Crippen molar-refractivity contribution in [3.05, 3.63) is 59.5 Å². The van der Waals surface area contributed by atoms with Crippen LogP contribution >= 0.6 is 0 Å². The zero-order chi connectivity index (χ0) is 15.8. The Kier molecular flexibility index (Phi) is 3.15. The third kappa shape index (κ3) is 2.48. The number of hydrogen-bond donors (Lipinski definition) is 1. The first-order chi connectivity index (χ1) is 11.2. The molecular weight excluding hydrogens is 294 g/mol. The molecule has 0 spiro atoms. The van der Waals surface area contributed by atoms with Gasteiger partial charge in [0, 0.05) is 18.4 Å². The van der Waals surface area contributed by atoms with Gasteiger partial charge in [-0.05, 0) is 36.8 Å². The van der Waals surface area contributed by atoms with E-state index in [1.54, 1.807) is 6.20 Å². The molecule has 0 aliphatic carbocycles. The lowest BCUT2D eigenvalue weighted by Gasteiger charge is -2.04. The second kappa shape index (κ2) is 5.31. The van der Waals surface area contributed by atoms with Crippen molar-refractivity contribution in [1.82, 2.24) is 14.7 Å². The molecule has 1 amide bonds. The number of aromatic nitrogens is 2. The maximum atomic E-state index is 12.3. The number of rotatable bonds is 3. The summed E-state index contributed by atoms with van der Waals surface area (Å²) < 4.78 is 12.5. The maximum absolute atomic E-state index is 12.3. The van der Waals surface area contributed by atoms with Crippen LogP contribution in [-0.2, 0) is 6.54 Å². The quantitative estimate of drug-likeness (QED) is 0.806. The highest BCUT2D eigenvalue weighted by molar-refractivity contribution is 5.92. The van der Waals surface area contributed by atoms with Gasteiger partial charge in [-0.1, -0.05) is 12.1 Å². The van der Waals surface area contributed by atoms with E-state index in [4.69, 9.17) is 9.47 Å². The van der Waals surface area contributed by atoms with E-state index in [1.807, 2.05) is 47.7 Å². The van der Waals surface area contributed by atoms with Crippen LogP contribution < -0.4 is 14.8 Å². The minimum absolute atomic E-state index is 0.203. The molecule has 23 heavy (non-hydrogen) atoms. The number of hydrogen-bond acceptors (Lipinski definition) is 4. The maximum Gasteiger partial charge on any atom is 0.271 e. The molecule has 1 N–H and O–H groups in total. The first-order valence-electron chi connectivity index (χ1n) is 7.32. The zero-order valence-corrected chi connectivity index (χ0v) is 12.6. The summed E-state index contributed by atoms with van der Waals surface area (Å²) in [5.74, 6) is 1.24. The number of nitrogens with zero attached hydrogens (tertiary/aromatic N) is 2. The molecule has 0 unspecified atom stereocenters. The fourth-order valence-corrected chi connectivity index (χ4v) is 2.58. The molecule has 4 rings (SSSR count). The van der Waals surface area contributed by atoms with E-state index in [9.17, 15) is 4.79 Å². The summed E-state index contributed by atoms with van der Waals surface area (Å²) in [5, 5.41) is 2.88. The van der Waals surface area contributed by atoms with E-state index in [0.717, 1.165) is 22.7 Å². The molecule has 1 aliphatic heterocycles. The minimum Gasteiger partial charge on any atom is -0.454 e. The molecule has 116 valence electrons. The van der Waals surface area contributed by atoms with Gasteiger partial charge in [0.1, 0.15) is 11.3 Å². The highest BCUT2D eigenvalue weighted by atomic mass is 16.7. The van der Waals surface area contributed by atoms with E-state index in [0.29, 0.717) is 18.0 Å². The fourth-order valence-electron chi connectivity index (χ4n) is 2.58. The number of carbonyl (C=O) groups is 1. The van der Waals surface area contributed by atoms with Gasteiger partial charge >= 0.3 is 0 Å². The summed E-state index contributed by atoms with van der Waals surface area (Å²) in [7, 11) is 0. The zero-order valence-electron chi connectivity index (χ0n) is 12.6. The minimum atomic E-state index is -0.203. The Morgan fingerprint density at radius 2 is 2.13 bits per heavy atom. The second-order valence-electron chi connectivity index (χ2n) is 5.39. The highest BCUT2D eigenvalue weighted by Crippen LogP contribution is 2.32. The van der Waals surface area contributed by atoms with Crippen LogP contribution in [-0.4, -0.2) is 22.1 Å². The SMILES string of the molecule is Cc1cccc2nc(C(=O)NCc3ccc4c(c3)OCO4)cn12. The second-order valence-corrected chi connectivity index (χ2v) is 5.39. The first-order valence-corrected chi connectivity index (χ1v) is 7.32. The number of pyridine rings is 1. The Balaban J connectivity index is 1.50. The standard InChI is InChI=1S/C17H15N3O3/c1-11-3-2-4-16-19-13(9-20(11)16)17(21)18-8-12-5-6-14-15(7-12)23-10-22-14/h2-7,9H,8,10H2,1H3,(H,18,21). The Bertz CT molecular complexity index is 901. The van der Waals surface area contributed by atoms with Crippen molar-refractivity contribution >= 4 is 11.6 Å². The molecule has 6 heteroatoms. The summed E-state index contributed by atoms with van der Waals surface area (Å²) in [5.41, 5.74) is 3.14. The number of fused-ring (bicyclic) bond motifs is 2. The van der Waals surface area contributed by atoms with Gasteiger partial charge in [0.25, 0.3) is 5.91 Å². The number of ether oxygens (including phenoxy) is 2. The van der Waals surface area contributed by atoms with Crippen molar-refractivity contribution in [2.75, 3.05) is 6.79 Å². The summed E-state index contributed by atoms with van der Waals surface area (Å²) in [6.07, 6.45) is 1.75. The van der Waals surface area contributed by atoms with E-state index < -0.39 is 0 Å². The van der Waals surface area contributed by atoms with Gasteiger partial charge in [0.15, 0.2) is 11.5 Å². The van der Waals surface area contributed by atoms with Gasteiger partial charge in [-0.25, -0.2) is 4.98 Å². The van der Waals surface area contributed by atoms with Gasteiger partial charge < -0.3 is 19.2 Å². The van der Waals surface area contributed by atoms with Crippen LogP contribution in [0, 0.1) is 6.92 Å². The molecule has 0 saturated heterocycles. The largest absolute Gasteiger partial charge is 0.454 e. The first kappa shape index (κ1) is 13.6. The van der Waals surface area contributed by atoms with Crippen LogP contribution in [0.3, 0.4) is 0 Å². The van der Waals surface area contributed by atoms with Crippen molar-refractivity contribution < 1.29 is 14.3 Å². The third-order valence-corrected chi connectivity index (χ3v) is 3.82. The summed E-state index contributed by atoms with van der Waals surface area (Å²) >= 11 is 0. The van der Waals surface area contributed by atoms with Gasteiger partial charge in [0.2, 0.25) is 6.79 Å². The van der Waals surface area contributed by atoms with Crippen molar-refractivity contribution in [2.45, 2.75) is 13.5 Å². The molecule has 0 bridgehead atoms. The van der Waals surface area contributed by atoms with Gasteiger partial charge in [-0.3, -0.25) is 4.79 Å². The summed E-state index contributed by atoms with van der Waals surface area (Å²) in [4.78, 5) is 16.6. The molecule has 0 fully saturated rings. The monoisotopic (exact) mass is 309 g/mol. The van der Waals surface area contributed by atoms with Gasteiger partial charge in [-0.15, -0.1) is 0 Å². The molecule has 1 aromatic carbocycles. The predicted octanol–water partition coefficient (Wildman–Crippen LogP) is 2.30. The lowest BCUT2D eigenvalue weighted by molar-refractivity contribution is 0.0946. The van der Waals surface area contributed by atoms with Gasteiger partial charge in [0.05, 0.1) is 0 Å². The topological polar surface area (TPSA) is 64.9 Å². The number of carbonyl (C=O) groups excluding carboxylic acids is 1. The lowest BCUT2D eigenvalue weighted by Crippen LogP contribution is -2.23. The normalized spacial score (nSPS) is 12.6.